The van der Waals surface area contributed by atoms with E-state index in [2.05, 4.69) is 9.82 Å². The normalized spacial score (nSPS) is 11.4. The highest BCUT2D eigenvalue weighted by Gasteiger charge is 2.23. The summed E-state index contributed by atoms with van der Waals surface area (Å²) in [5.74, 6) is 0. The lowest BCUT2D eigenvalue weighted by Gasteiger charge is -2.08. The molecule has 0 bridgehead atoms. The topological polar surface area (TPSA) is 116 Å². The van der Waals surface area contributed by atoms with E-state index in [1.807, 2.05) is 0 Å². The van der Waals surface area contributed by atoms with E-state index in [-0.39, 0.29) is 21.8 Å². The standard InChI is InChI=1S/C13H16N4O5S/c1-10-12(17(18)19)4-3-5-13(10)23(20,21)15-11-8-14-16(9-11)6-7-22-2/h3-5,8-9,15H,6-7H2,1-2H3. The summed E-state index contributed by atoms with van der Waals surface area (Å²) >= 11 is 0. The van der Waals surface area contributed by atoms with Crippen LogP contribution in [-0.2, 0) is 21.3 Å². The van der Waals surface area contributed by atoms with Crippen molar-refractivity contribution in [1.29, 1.82) is 0 Å². The molecule has 0 saturated heterocycles. The summed E-state index contributed by atoms with van der Waals surface area (Å²) in [5.41, 5.74) is 0.104. The Labute approximate surface area is 133 Å². The van der Waals surface area contributed by atoms with Crippen molar-refractivity contribution in [3.8, 4) is 0 Å². The fourth-order valence-electron chi connectivity index (χ4n) is 2.03. The summed E-state index contributed by atoms with van der Waals surface area (Å²) in [4.78, 5) is 10.2. The molecule has 10 heteroatoms. The molecule has 0 spiro atoms. The quantitative estimate of drug-likeness (QED) is 0.604. The maximum atomic E-state index is 12.4. The van der Waals surface area contributed by atoms with Crippen LogP contribution in [0.5, 0.6) is 0 Å². The molecule has 0 aliphatic carbocycles. The van der Waals surface area contributed by atoms with Gasteiger partial charge in [0, 0.05) is 24.9 Å². The number of nitro benzene ring substituents is 1. The first-order valence-electron chi connectivity index (χ1n) is 6.63. The fraction of sp³-hybridized carbons (Fsp3) is 0.308. The number of nitrogens with one attached hydrogen (secondary N) is 1. The van der Waals surface area contributed by atoms with Gasteiger partial charge in [-0.05, 0) is 13.0 Å². The fourth-order valence-corrected chi connectivity index (χ4v) is 3.32. The smallest absolute Gasteiger partial charge is 0.273 e. The summed E-state index contributed by atoms with van der Waals surface area (Å²) in [5, 5.41) is 14.9. The van der Waals surface area contributed by atoms with Crippen molar-refractivity contribution in [3.05, 3.63) is 46.3 Å². The van der Waals surface area contributed by atoms with Gasteiger partial charge in [0.05, 0.1) is 34.9 Å². The minimum atomic E-state index is -3.95. The summed E-state index contributed by atoms with van der Waals surface area (Å²) in [6, 6.07) is 3.92. The van der Waals surface area contributed by atoms with Gasteiger partial charge in [-0.25, -0.2) is 8.42 Å². The van der Waals surface area contributed by atoms with E-state index in [0.717, 1.165) is 0 Å². The molecule has 0 amide bonds. The van der Waals surface area contributed by atoms with Crippen LogP contribution in [0.3, 0.4) is 0 Å². The number of methoxy groups -OCH3 is 1. The predicted octanol–water partition coefficient (Wildman–Crippen LogP) is 1.55. The Bertz CT molecular complexity index is 816. The number of hydrogen-bond acceptors (Lipinski definition) is 6. The SMILES string of the molecule is COCCn1cc(NS(=O)(=O)c2cccc([N+](=O)[O-])c2C)cn1. The van der Waals surface area contributed by atoms with Gasteiger partial charge in [-0.1, -0.05) is 6.07 Å². The van der Waals surface area contributed by atoms with Crippen molar-refractivity contribution in [1.82, 2.24) is 9.78 Å². The van der Waals surface area contributed by atoms with Crippen LogP contribution >= 0.6 is 0 Å². The molecule has 0 unspecified atom stereocenters. The molecule has 1 aromatic carbocycles. The number of hydrogen-bond donors (Lipinski definition) is 1. The highest BCUT2D eigenvalue weighted by Crippen LogP contribution is 2.26. The number of aromatic nitrogens is 2. The van der Waals surface area contributed by atoms with E-state index in [1.165, 1.54) is 42.2 Å². The number of nitro groups is 1. The van der Waals surface area contributed by atoms with Gasteiger partial charge in [-0.3, -0.25) is 19.5 Å². The third-order valence-corrected chi connectivity index (χ3v) is 4.68. The van der Waals surface area contributed by atoms with Crippen LogP contribution in [0, 0.1) is 17.0 Å². The Morgan fingerprint density at radius 1 is 1.43 bits per heavy atom. The Kier molecular flexibility index (Phi) is 4.96. The first-order chi connectivity index (χ1) is 10.8. The first-order valence-corrected chi connectivity index (χ1v) is 8.11. The van der Waals surface area contributed by atoms with Gasteiger partial charge in [-0.15, -0.1) is 0 Å². The van der Waals surface area contributed by atoms with Gasteiger partial charge >= 0.3 is 0 Å². The highest BCUT2D eigenvalue weighted by molar-refractivity contribution is 7.92. The molecule has 0 aliphatic rings. The maximum absolute atomic E-state index is 12.4. The van der Waals surface area contributed by atoms with Gasteiger partial charge in [0.2, 0.25) is 0 Å². The number of sulfonamides is 1. The van der Waals surface area contributed by atoms with Crippen LogP contribution in [0.4, 0.5) is 11.4 Å². The van der Waals surface area contributed by atoms with Crippen molar-refractivity contribution in [2.75, 3.05) is 18.4 Å². The number of rotatable bonds is 7. The van der Waals surface area contributed by atoms with E-state index >= 15 is 0 Å². The molecule has 0 aliphatic heterocycles. The molecular formula is C13H16N4O5S. The monoisotopic (exact) mass is 340 g/mol. The van der Waals surface area contributed by atoms with Crippen LogP contribution in [0.15, 0.2) is 35.5 Å². The predicted molar refractivity (Wildman–Crippen MR) is 82.7 cm³/mol. The van der Waals surface area contributed by atoms with Crippen molar-refractivity contribution in [3.63, 3.8) is 0 Å². The molecule has 2 rings (SSSR count). The minimum Gasteiger partial charge on any atom is -0.383 e. The second kappa shape index (κ2) is 6.75. The second-order valence-corrected chi connectivity index (χ2v) is 6.40. The summed E-state index contributed by atoms with van der Waals surface area (Å²) in [7, 11) is -2.39. The van der Waals surface area contributed by atoms with Crippen molar-refractivity contribution in [2.24, 2.45) is 0 Å². The molecule has 0 fully saturated rings. The highest BCUT2D eigenvalue weighted by atomic mass is 32.2. The third-order valence-electron chi connectivity index (χ3n) is 3.15. The average molecular weight is 340 g/mol. The zero-order valence-corrected chi connectivity index (χ0v) is 13.4. The van der Waals surface area contributed by atoms with Gasteiger partial charge in [0.15, 0.2) is 0 Å². The first kappa shape index (κ1) is 16.9. The van der Waals surface area contributed by atoms with Crippen molar-refractivity contribution < 1.29 is 18.1 Å². The van der Waals surface area contributed by atoms with Gasteiger partial charge < -0.3 is 4.74 Å². The molecule has 124 valence electrons. The van der Waals surface area contributed by atoms with E-state index in [4.69, 9.17) is 4.74 Å². The second-order valence-electron chi connectivity index (χ2n) is 4.75. The van der Waals surface area contributed by atoms with E-state index in [1.54, 1.807) is 7.11 Å². The lowest BCUT2D eigenvalue weighted by Crippen LogP contribution is -2.14. The molecule has 0 saturated carbocycles. The minimum absolute atomic E-state index is 0.0803. The largest absolute Gasteiger partial charge is 0.383 e. The average Bonchev–Trinajstić information content (AvgIpc) is 2.91. The summed E-state index contributed by atoms with van der Waals surface area (Å²) < 4.78 is 33.7. The molecule has 23 heavy (non-hydrogen) atoms. The maximum Gasteiger partial charge on any atom is 0.273 e. The number of ether oxygens (including phenoxy) is 1. The molecule has 2 aromatic rings. The van der Waals surface area contributed by atoms with Crippen molar-refractivity contribution in [2.45, 2.75) is 18.4 Å². The van der Waals surface area contributed by atoms with Crippen LogP contribution < -0.4 is 4.72 Å². The Morgan fingerprint density at radius 3 is 2.83 bits per heavy atom. The Hall–Kier alpha value is -2.46. The third kappa shape index (κ3) is 3.85. The van der Waals surface area contributed by atoms with Gasteiger partial charge in [0.1, 0.15) is 0 Å². The van der Waals surface area contributed by atoms with E-state index in [9.17, 15) is 18.5 Å². The molecular weight excluding hydrogens is 324 g/mol. The molecule has 1 N–H and O–H groups in total. The van der Waals surface area contributed by atoms with Crippen LogP contribution in [0.25, 0.3) is 0 Å². The number of anilines is 1. The zero-order valence-electron chi connectivity index (χ0n) is 12.6. The lowest BCUT2D eigenvalue weighted by molar-refractivity contribution is -0.385. The zero-order chi connectivity index (χ0) is 17.0. The van der Waals surface area contributed by atoms with Crippen LogP contribution in [0.2, 0.25) is 0 Å². The molecule has 1 aromatic heterocycles. The molecule has 0 radical (unpaired) electrons. The van der Waals surface area contributed by atoms with Crippen LogP contribution in [0.1, 0.15) is 5.56 Å². The molecule has 1 heterocycles. The lowest BCUT2D eigenvalue weighted by atomic mass is 10.2. The van der Waals surface area contributed by atoms with Crippen molar-refractivity contribution >= 4 is 21.4 Å². The molecule has 0 atom stereocenters. The van der Waals surface area contributed by atoms with Gasteiger partial charge in [0.25, 0.3) is 15.7 Å². The Balaban J connectivity index is 2.27. The summed E-state index contributed by atoms with van der Waals surface area (Å²) in [6.45, 7) is 2.32. The summed E-state index contributed by atoms with van der Waals surface area (Å²) in [6.07, 6.45) is 2.88. The van der Waals surface area contributed by atoms with E-state index < -0.39 is 14.9 Å². The van der Waals surface area contributed by atoms with Crippen LogP contribution in [-0.4, -0.2) is 36.8 Å². The van der Waals surface area contributed by atoms with E-state index in [0.29, 0.717) is 13.2 Å². The molecule has 9 nitrogen and oxygen atoms in total. The number of nitrogens with zero attached hydrogens (tertiary/aromatic N) is 3. The Morgan fingerprint density at radius 2 is 2.17 bits per heavy atom. The number of benzene rings is 1. The van der Waals surface area contributed by atoms with Gasteiger partial charge in [-0.2, -0.15) is 5.10 Å².